The zero-order valence-corrected chi connectivity index (χ0v) is 13.2. The minimum absolute atomic E-state index is 0.843. The van der Waals surface area contributed by atoms with Crippen LogP contribution < -0.4 is 9.22 Å². The van der Waals surface area contributed by atoms with E-state index in [1.165, 1.54) is 11.3 Å². The second kappa shape index (κ2) is 6.63. The maximum Gasteiger partial charge on any atom is 0.522 e. The molecular formula is C12H19F3NO4S+. The normalized spacial score (nSPS) is 12.4. The number of nitrogens with zero attached hydrogens (tertiary/aromatic N) is 1. The molecule has 9 heteroatoms. The molecule has 0 fully saturated rings. The molecule has 0 aliphatic rings. The minimum Gasteiger partial charge on any atom is -0.497 e. The third-order valence-corrected chi connectivity index (χ3v) is 3.00. The molecule has 0 bridgehead atoms. The summed E-state index contributed by atoms with van der Waals surface area (Å²) in [5, 5.41) is 0. The molecule has 0 saturated heterocycles. The molecule has 0 heterocycles. The second-order valence-corrected chi connectivity index (χ2v) is 6.50. The Morgan fingerprint density at radius 2 is 1.62 bits per heavy atom. The van der Waals surface area contributed by atoms with E-state index in [0.717, 1.165) is 10.2 Å². The first-order valence-corrected chi connectivity index (χ1v) is 7.14. The van der Waals surface area contributed by atoms with E-state index in [2.05, 4.69) is 40.2 Å². The average molecular weight is 330 g/mol. The molecule has 0 aliphatic heterocycles. The van der Waals surface area contributed by atoms with Gasteiger partial charge in [-0.2, -0.15) is 21.6 Å². The zero-order chi connectivity index (χ0) is 17.1. The molecule has 21 heavy (non-hydrogen) atoms. The monoisotopic (exact) mass is 330 g/mol. The lowest BCUT2D eigenvalue weighted by atomic mass is 10.1. The van der Waals surface area contributed by atoms with Crippen molar-refractivity contribution in [3.63, 3.8) is 0 Å². The molecule has 122 valence electrons. The fraction of sp³-hybridized carbons (Fsp3) is 0.500. The van der Waals surface area contributed by atoms with Crippen molar-refractivity contribution in [3.8, 4) is 5.75 Å². The van der Waals surface area contributed by atoms with E-state index < -0.39 is 15.6 Å². The summed E-state index contributed by atoms with van der Waals surface area (Å²) in [6.07, 6.45) is 0. The highest BCUT2D eigenvalue weighted by Crippen LogP contribution is 2.26. The molecule has 0 saturated carbocycles. The fourth-order valence-electron chi connectivity index (χ4n) is 1.51. The van der Waals surface area contributed by atoms with E-state index in [1.807, 2.05) is 6.07 Å². The van der Waals surface area contributed by atoms with Crippen molar-refractivity contribution in [2.24, 2.45) is 0 Å². The molecule has 0 amide bonds. The lowest BCUT2D eigenvalue weighted by molar-refractivity contribution is -0.0510. The largest absolute Gasteiger partial charge is 0.522 e. The molecular weight excluding hydrogens is 311 g/mol. The standard InChI is InChI=1S/C11H18NO.CHF3O3S/c1-9-8-10(13-5)6-7-11(9)12(2,3)4;2-1(3,4)8(5,6)7/h6-8H,1-5H3;(H,5,6,7)/q+1;. The van der Waals surface area contributed by atoms with Gasteiger partial charge < -0.3 is 4.74 Å². The van der Waals surface area contributed by atoms with Crippen LogP contribution in [0.3, 0.4) is 0 Å². The van der Waals surface area contributed by atoms with Crippen LogP contribution in [0.1, 0.15) is 5.56 Å². The number of aryl methyl sites for hydroxylation is 1. The fourth-order valence-corrected chi connectivity index (χ4v) is 1.51. The highest BCUT2D eigenvalue weighted by atomic mass is 32.2. The van der Waals surface area contributed by atoms with Crippen LogP contribution in [0.5, 0.6) is 5.75 Å². The molecule has 0 spiro atoms. The molecule has 1 N–H and O–H groups in total. The Morgan fingerprint density at radius 1 is 1.19 bits per heavy atom. The Bertz CT molecular complexity index is 577. The number of hydrogen-bond acceptors (Lipinski definition) is 3. The van der Waals surface area contributed by atoms with Crippen molar-refractivity contribution < 1.29 is 30.9 Å². The molecule has 0 aromatic heterocycles. The number of hydrogen-bond donors (Lipinski definition) is 1. The number of rotatable bonds is 2. The van der Waals surface area contributed by atoms with Crippen molar-refractivity contribution in [2.45, 2.75) is 12.4 Å². The highest BCUT2D eigenvalue weighted by Gasteiger charge is 2.44. The first-order chi connectivity index (χ1) is 9.20. The smallest absolute Gasteiger partial charge is 0.497 e. The Morgan fingerprint density at radius 3 is 1.86 bits per heavy atom. The van der Waals surface area contributed by atoms with Gasteiger partial charge in [-0.15, -0.1) is 0 Å². The summed E-state index contributed by atoms with van der Waals surface area (Å²) >= 11 is 0. The summed E-state index contributed by atoms with van der Waals surface area (Å²) in [5.74, 6) is 0.926. The van der Waals surface area contributed by atoms with Crippen LogP contribution in [0.4, 0.5) is 18.9 Å². The van der Waals surface area contributed by atoms with E-state index >= 15 is 0 Å². The van der Waals surface area contributed by atoms with Crippen LogP contribution in [-0.2, 0) is 10.1 Å². The summed E-state index contributed by atoms with van der Waals surface area (Å²) in [7, 11) is 2.34. The molecule has 0 aliphatic carbocycles. The Balaban J connectivity index is 0.000000433. The lowest BCUT2D eigenvalue weighted by Gasteiger charge is -2.25. The van der Waals surface area contributed by atoms with Crippen LogP contribution in [0.15, 0.2) is 18.2 Å². The molecule has 1 aromatic rings. The van der Waals surface area contributed by atoms with E-state index in [-0.39, 0.29) is 0 Å². The minimum atomic E-state index is -5.84. The van der Waals surface area contributed by atoms with Crippen LogP contribution in [0.2, 0.25) is 0 Å². The number of benzene rings is 1. The number of methoxy groups -OCH3 is 1. The molecule has 1 rings (SSSR count). The van der Waals surface area contributed by atoms with Crippen molar-refractivity contribution in [1.82, 2.24) is 4.48 Å². The third kappa shape index (κ3) is 6.32. The average Bonchev–Trinajstić information content (AvgIpc) is 2.25. The van der Waals surface area contributed by atoms with Crippen molar-refractivity contribution in [1.29, 1.82) is 0 Å². The van der Waals surface area contributed by atoms with E-state index in [1.54, 1.807) is 7.11 Å². The summed E-state index contributed by atoms with van der Waals surface area (Å²) in [6.45, 7) is 2.11. The summed E-state index contributed by atoms with van der Waals surface area (Å²) < 4.78 is 63.5. The van der Waals surface area contributed by atoms with E-state index in [9.17, 15) is 13.2 Å². The van der Waals surface area contributed by atoms with Gasteiger partial charge in [0.25, 0.3) is 0 Å². The van der Waals surface area contributed by atoms with Crippen LogP contribution >= 0.6 is 0 Å². The quantitative estimate of drug-likeness (QED) is 0.514. The van der Waals surface area contributed by atoms with Crippen LogP contribution in [0.25, 0.3) is 0 Å². The van der Waals surface area contributed by atoms with Crippen molar-refractivity contribution in [2.75, 3.05) is 28.3 Å². The Kier molecular flexibility index (Phi) is 6.21. The van der Waals surface area contributed by atoms with Gasteiger partial charge in [0.1, 0.15) is 11.4 Å². The van der Waals surface area contributed by atoms with Gasteiger partial charge in [-0.05, 0) is 19.1 Å². The van der Waals surface area contributed by atoms with Gasteiger partial charge >= 0.3 is 15.6 Å². The highest BCUT2D eigenvalue weighted by molar-refractivity contribution is 7.86. The second-order valence-electron chi connectivity index (χ2n) is 5.09. The molecule has 0 radical (unpaired) electrons. The van der Waals surface area contributed by atoms with Gasteiger partial charge in [0.2, 0.25) is 0 Å². The topological polar surface area (TPSA) is 63.6 Å². The van der Waals surface area contributed by atoms with Gasteiger partial charge in [0, 0.05) is 11.6 Å². The number of quaternary nitrogens is 1. The molecule has 5 nitrogen and oxygen atoms in total. The first kappa shape index (κ1) is 19.7. The van der Waals surface area contributed by atoms with Gasteiger partial charge in [-0.1, -0.05) is 0 Å². The Hall–Kier alpha value is -1.32. The van der Waals surface area contributed by atoms with Gasteiger partial charge in [-0.3, -0.25) is 9.04 Å². The predicted molar refractivity (Wildman–Crippen MR) is 74.9 cm³/mol. The maximum absolute atomic E-state index is 10.7. The summed E-state index contributed by atoms with van der Waals surface area (Å²) in [6, 6.07) is 6.19. The van der Waals surface area contributed by atoms with Gasteiger partial charge in [0.15, 0.2) is 0 Å². The molecule has 1 aromatic carbocycles. The Labute approximate surface area is 122 Å². The SMILES string of the molecule is COc1ccc([N+](C)(C)C)c(C)c1.O=S(=O)(O)C(F)(F)F. The summed E-state index contributed by atoms with van der Waals surface area (Å²) in [5.41, 5.74) is -2.94. The van der Waals surface area contributed by atoms with Crippen LogP contribution in [-0.4, -0.2) is 46.7 Å². The van der Waals surface area contributed by atoms with Crippen molar-refractivity contribution in [3.05, 3.63) is 23.8 Å². The maximum atomic E-state index is 10.7. The third-order valence-electron chi connectivity index (χ3n) is 2.42. The zero-order valence-electron chi connectivity index (χ0n) is 12.4. The summed E-state index contributed by atoms with van der Waals surface area (Å²) in [4.78, 5) is 0. The first-order valence-electron chi connectivity index (χ1n) is 5.70. The number of ether oxygens (including phenoxy) is 1. The van der Waals surface area contributed by atoms with Gasteiger partial charge in [-0.25, -0.2) is 0 Å². The van der Waals surface area contributed by atoms with E-state index in [4.69, 9.17) is 17.7 Å². The van der Waals surface area contributed by atoms with Crippen LogP contribution in [0, 0.1) is 6.92 Å². The molecule has 0 unspecified atom stereocenters. The lowest BCUT2D eigenvalue weighted by Crippen LogP contribution is -2.35. The number of halogens is 3. The number of alkyl halides is 3. The predicted octanol–water partition coefficient (Wildman–Crippen LogP) is 2.59. The molecule has 0 atom stereocenters. The van der Waals surface area contributed by atoms with E-state index in [0.29, 0.717) is 0 Å². The van der Waals surface area contributed by atoms with Gasteiger partial charge in [0.05, 0.1) is 28.3 Å². The van der Waals surface area contributed by atoms with Crippen molar-refractivity contribution >= 4 is 15.8 Å².